The zero-order valence-corrected chi connectivity index (χ0v) is 19.5. The first-order valence-electron chi connectivity index (χ1n) is 11.4. The fourth-order valence-electron chi connectivity index (χ4n) is 4.28. The van der Waals surface area contributed by atoms with E-state index < -0.39 is 5.97 Å². The van der Waals surface area contributed by atoms with Crippen LogP contribution in [0.15, 0.2) is 91.0 Å². The van der Waals surface area contributed by atoms with E-state index >= 15 is 0 Å². The molecule has 5 rings (SSSR count). The number of carboxylic acid groups (broad SMARTS) is 1. The van der Waals surface area contributed by atoms with E-state index in [2.05, 4.69) is 35.6 Å². The number of aromatic carboxylic acids is 1. The van der Waals surface area contributed by atoms with Gasteiger partial charge in [-0.15, -0.1) is 11.3 Å². The summed E-state index contributed by atoms with van der Waals surface area (Å²) in [6.45, 7) is 1.21. The highest BCUT2D eigenvalue weighted by atomic mass is 32.1. The number of fused-ring (bicyclic) bond motifs is 2. The van der Waals surface area contributed by atoms with Crippen LogP contribution in [-0.2, 0) is 13.0 Å². The Hall–Kier alpha value is -3.83. The van der Waals surface area contributed by atoms with Crippen LogP contribution in [0.2, 0.25) is 0 Å². The van der Waals surface area contributed by atoms with Crippen molar-refractivity contribution >= 4 is 43.9 Å². The number of ether oxygens (including phenoxy) is 1. The van der Waals surface area contributed by atoms with E-state index in [-0.39, 0.29) is 0 Å². The third kappa shape index (κ3) is 4.61. The van der Waals surface area contributed by atoms with Gasteiger partial charge in [0.25, 0.3) is 0 Å². The number of aryl methyl sites for hydroxylation is 1. The van der Waals surface area contributed by atoms with Crippen LogP contribution in [-0.4, -0.2) is 17.7 Å². The molecule has 0 aliphatic rings. The molecule has 5 heteroatoms. The van der Waals surface area contributed by atoms with Gasteiger partial charge >= 0.3 is 5.97 Å². The Morgan fingerprint density at radius 1 is 0.853 bits per heavy atom. The van der Waals surface area contributed by atoms with E-state index in [1.807, 2.05) is 60.7 Å². The summed E-state index contributed by atoms with van der Waals surface area (Å²) in [6, 6.07) is 30.4. The summed E-state index contributed by atoms with van der Waals surface area (Å²) in [6.07, 6.45) is 1.38. The van der Waals surface area contributed by atoms with E-state index in [4.69, 9.17) is 4.74 Å². The molecule has 0 spiro atoms. The Labute approximate surface area is 202 Å². The molecule has 0 atom stereocenters. The third-order valence-electron chi connectivity index (χ3n) is 5.92. The molecular formula is C29H25NO3S. The summed E-state index contributed by atoms with van der Waals surface area (Å²) in [5.41, 5.74) is 3.03. The molecule has 1 heterocycles. The van der Waals surface area contributed by atoms with Gasteiger partial charge in [0.2, 0.25) is 0 Å². The molecule has 0 aliphatic heterocycles. The number of hydrogen-bond donors (Lipinski definition) is 2. The lowest BCUT2D eigenvalue weighted by atomic mass is 10.0. The van der Waals surface area contributed by atoms with Gasteiger partial charge in [-0.1, -0.05) is 78.9 Å². The van der Waals surface area contributed by atoms with Gasteiger partial charge in [0.15, 0.2) is 0 Å². The second-order valence-corrected chi connectivity index (χ2v) is 9.19. The zero-order valence-electron chi connectivity index (χ0n) is 18.7. The number of thiophene rings is 1. The van der Waals surface area contributed by atoms with Crippen LogP contribution in [0.5, 0.6) is 5.75 Å². The summed E-state index contributed by atoms with van der Waals surface area (Å²) in [5, 5.41) is 16.6. The SMILES string of the molecule is O=C(O)c1sc2c(NCc3ccccc3)cccc2c1CCCOc1cccc2ccccc12. The Kier molecular flexibility index (Phi) is 6.45. The Morgan fingerprint density at radius 3 is 2.44 bits per heavy atom. The Bertz CT molecular complexity index is 1440. The molecule has 0 saturated heterocycles. The molecule has 170 valence electrons. The fraction of sp³-hybridized carbons (Fsp3) is 0.138. The van der Waals surface area contributed by atoms with E-state index in [1.165, 1.54) is 16.9 Å². The topological polar surface area (TPSA) is 58.6 Å². The van der Waals surface area contributed by atoms with Crippen molar-refractivity contribution < 1.29 is 14.6 Å². The minimum Gasteiger partial charge on any atom is -0.493 e. The molecule has 4 aromatic carbocycles. The molecule has 0 aliphatic carbocycles. The molecule has 1 aromatic heterocycles. The Morgan fingerprint density at radius 2 is 1.59 bits per heavy atom. The van der Waals surface area contributed by atoms with Crippen molar-refractivity contribution in [2.75, 3.05) is 11.9 Å². The van der Waals surface area contributed by atoms with Crippen LogP contribution < -0.4 is 10.1 Å². The summed E-state index contributed by atoms with van der Waals surface area (Å²) >= 11 is 1.35. The average molecular weight is 468 g/mol. The minimum absolute atomic E-state index is 0.411. The number of rotatable bonds is 9. The fourth-order valence-corrected chi connectivity index (χ4v) is 5.45. The van der Waals surface area contributed by atoms with Crippen molar-refractivity contribution in [3.63, 3.8) is 0 Å². The van der Waals surface area contributed by atoms with Crippen LogP contribution in [0.1, 0.15) is 27.2 Å². The average Bonchev–Trinajstić information content (AvgIpc) is 3.25. The predicted molar refractivity (Wildman–Crippen MR) is 140 cm³/mol. The quantitative estimate of drug-likeness (QED) is 0.222. The lowest BCUT2D eigenvalue weighted by molar-refractivity contribution is 0.0701. The second kappa shape index (κ2) is 9.98. The predicted octanol–water partition coefficient (Wildman–Crippen LogP) is 7.38. The van der Waals surface area contributed by atoms with Crippen molar-refractivity contribution in [1.82, 2.24) is 0 Å². The molecule has 34 heavy (non-hydrogen) atoms. The van der Waals surface area contributed by atoms with Gasteiger partial charge in [0, 0.05) is 11.9 Å². The van der Waals surface area contributed by atoms with Crippen molar-refractivity contribution in [2.45, 2.75) is 19.4 Å². The standard InChI is InChI=1S/C29H25NO3S/c31-29(32)28-24(15-8-18-33-26-17-6-12-21-11-4-5-13-22(21)26)23-14-7-16-25(27(23)34-28)30-19-20-9-2-1-3-10-20/h1-7,9-14,16-17,30H,8,15,18-19H2,(H,31,32). The highest BCUT2D eigenvalue weighted by Crippen LogP contribution is 2.37. The summed E-state index contributed by atoms with van der Waals surface area (Å²) in [7, 11) is 0. The van der Waals surface area contributed by atoms with E-state index in [0.29, 0.717) is 24.4 Å². The molecule has 2 N–H and O–H groups in total. The highest BCUT2D eigenvalue weighted by molar-refractivity contribution is 7.21. The van der Waals surface area contributed by atoms with Crippen LogP contribution in [0.3, 0.4) is 0 Å². The van der Waals surface area contributed by atoms with Gasteiger partial charge in [0.1, 0.15) is 10.6 Å². The number of carboxylic acids is 1. The molecule has 0 saturated carbocycles. The third-order valence-corrected chi connectivity index (χ3v) is 7.19. The molecule has 4 nitrogen and oxygen atoms in total. The lowest BCUT2D eigenvalue weighted by Crippen LogP contribution is -2.03. The van der Waals surface area contributed by atoms with E-state index in [1.54, 1.807) is 0 Å². The lowest BCUT2D eigenvalue weighted by Gasteiger charge is -2.10. The zero-order chi connectivity index (χ0) is 23.3. The second-order valence-electron chi connectivity index (χ2n) is 8.17. The van der Waals surface area contributed by atoms with Crippen LogP contribution in [0.4, 0.5) is 5.69 Å². The Balaban J connectivity index is 1.33. The first kappa shape index (κ1) is 22.0. The molecule has 0 fully saturated rings. The van der Waals surface area contributed by atoms with Gasteiger partial charge in [-0.3, -0.25) is 0 Å². The number of hydrogen-bond acceptors (Lipinski definition) is 4. The number of nitrogens with one attached hydrogen (secondary N) is 1. The maximum atomic E-state index is 12.0. The van der Waals surface area contributed by atoms with Crippen LogP contribution in [0, 0.1) is 0 Å². The largest absolute Gasteiger partial charge is 0.493 e. The molecular weight excluding hydrogens is 442 g/mol. The minimum atomic E-state index is -0.875. The van der Waals surface area contributed by atoms with Crippen molar-refractivity contribution in [1.29, 1.82) is 0 Å². The molecule has 0 bridgehead atoms. The van der Waals surface area contributed by atoms with Gasteiger partial charge in [-0.2, -0.15) is 0 Å². The molecule has 0 unspecified atom stereocenters. The van der Waals surface area contributed by atoms with Crippen molar-refractivity contribution in [3.05, 3.63) is 107 Å². The van der Waals surface area contributed by atoms with Crippen LogP contribution in [0.25, 0.3) is 20.9 Å². The number of anilines is 1. The van der Waals surface area contributed by atoms with Crippen LogP contribution >= 0.6 is 11.3 Å². The van der Waals surface area contributed by atoms with E-state index in [9.17, 15) is 9.90 Å². The maximum Gasteiger partial charge on any atom is 0.346 e. The number of benzene rings is 4. The molecule has 5 aromatic rings. The van der Waals surface area contributed by atoms with Gasteiger partial charge in [0.05, 0.1) is 17.0 Å². The first-order valence-corrected chi connectivity index (χ1v) is 12.2. The monoisotopic (exact) mass is 467 g/mol. The summed E-state index contributed by atoms with van der Waals surface area (Å²) < 4.78 is 7.07. The van der Waals surface area contributed by atoms with E-state index in [0.717, 1.165) is 44.3 Å². The van der Waals surface area contributed by atoms with Crippen molar-refractivity contribution in [3.8, 4) is 5.75 Å². The molecule has 0 radical (unpaired) electrons. The number of carbonyl (C=O) groups is 1. The summed E-state index contributed by atoms with van der Waals surface area (Å²) in [4.78, 5) is 12.5. The summed E-state index contributed by atoms with van der Waals surface area (Å²) in [5.74, 6) is -0.0145. The highest BCUT2D eigenvalue weighted by Gasteiger charge is 2.19. The van der Waals surface area contributed by atoms with Gasteiger partial charge in [-0.05, 0) is 46.9 Å². The van der Waals surface area contributed by atoms with Gasteiger partial charge in [-0.25, -0.2) is 4.79 Å². The molecule has 0 amide bonds. The maximum absolute atomic E-state index is 12.0. The first-order chi connectivity index (χ1) is 16.7. The smallest absolute Gasteiger partial charge is 0.346 e. The normalized spacial score (nSPS) is 11.1. The van der Waals surface area contributed by atoms with Crippen molar-refractivity contribution in [2.24, 2.45) is 0 Å². The van der Waals surface area contributed by atoms with Gasteiger partial charge < -0.3 is 15.2 Å².